The lowest BCUT2D eigenvalue weighted by Gasteiger charge is -2.44. The van der Waals surface area contributed by atoms with Gasteiger partial charge in [-0.1, -0.05) is 6.92 Å². The zero-order valence-electron chi connectivity index (χ0n) is 21.1. The van der Waals surface area contributed by atoms with Crippen LogP contribution in [-0.2, 0) is 23.7 Å². The highest BCUT2D eigenvalue weighted by atomic mass is 16.7. The van der Waals surface area contributed by atoms with E-state index in [0.29, 0.717) is 6.42 Å². The minimum Gasteiger partial charge on any atom is -0.394 e. The van der Waals surface area contributed by atoms with Gasteiger partial charge in [0.25, 0.3) is 0 Å². The van der Waals surface area contributed by atoms with Crippen LogP contribution in [0.15, 0.2) is 0 Å². The monoisotopic (exact) mass is 532 g/mol. The summed E-state index contributed by atoms with van der Waals surface area (Å²) < 4.78 is 28.2. The van der Waals surface area contributed by atoms with E-state index in [-0.39, 0.29) is 0 Å². The van der Waals surface area contributed by atoms with Crippen LogP contribution in [0.5, 0.6) is 0 Å². The topological polar surface area (TPSA) is 228 Å². The van der Waals surface area contributed by atoms with E-state index in [4.69, 9.17) is 28.8 Å². The average molecular weight is 533 g/mol. The molecule has 0 aromatic carbocycles. The first-order valence-electron chi connectivity index (χ1n) is 12.1. The molecule has 14 heteroatoms. The maximum atomic E-state index is 10.7. The van der Waals surface area contributed by atoms with Crippen molar-refractivity contribution >= 4 is 0 Å². The van der Waals surface area contributed by atoms with Gasteiger partial charge in [0.2, 0.25) is 0 Å². The highest BCUT2D eigenvalue weighted by Gasteiger charge is 2.46. The third kappa shape index (κ3) is 9.32. The summed E-state index contributed by atoms with van der Waals surface area (Å²) in [6.45, 7) is 3.25. The normalized spacial score (nSPS) is 31.8. The van der Waals surface area contributed by atoms with Crippen LogP contribution < -0.4 is 0 Å². The zero-order valence-corrected chi connectivity index (χ0v) is 21.1. The fraction of sp³-hybridized carbons (Fsp3) is 1.00. The molecule has 1 fully saturated rings. The second-order valence-electron chi connectivity index (χ2n) is 8.86. The second-order valence-corrected chi connectivity index (χ2v) is 8.86. The van der Waals surface area contributed by atoms with Crippen molar-refractivity contribution in [2.45, 2.75) is 114 Å². The summed E-state index contributed by atoms with van der Waals surface area (Å²) in [5.74, 6) is 0. The lowest BCUT2D eigenvalue weighted by atomic mass is 9.93. The summed E-state index contributed by atoms with van der Waals surface area (Å²) in [6, 6.07) is 0. The molecule has 216 valence electrons. The van der Waals surface area contributed by atoms with Crippen LogP contribution in [0.2, 0.25) is 0 Å². The zero-order chi connectivity index (χ0) is 27.6. The second kappa shape index (κ2) is 16.4. The van der Waals surface area contributed by atoms with Crippen molar-refractivity contribution in [2.75, 3.05) is 26.4 Å². The Morgan fingerprint density at radius 1 is 0.778 bits per heavy atom. The summed E-state index contributed by atoms with van der Waals surface area (Å²) in [5.41, 5.74) is 0. The Kier molecular flexibility index (Phi) is 15.3. The lowest BCUT2D eigenvalue weighted by molar-refractivity contribution is -0.330. The molecule has 36 heavy (non-hydrogen) atoms. The van der Waals surface area contributed by atoms with E-state index in [1.807, 2.05) is 0 Å². The van der Waals surface area contributed by atoms with Crippen LogP contribution in [0, 0.1) is 0 Å². The van der Waals surface area contributed by atoms with E-state index in [1.165, 1.54) is 20.8 Å². The van der Waals surface area contributed by atoms with Crippen LogP contribution in [0.4, 0.5) is 0 Å². The van der Waals surface area contributed by atoms with Crippen molar-refractivity contribution in [1.82, 2.24) is 0 Å². The van der Waals surface area contributed by atoms with Gasteiger partial charge < -0.3 is 69.6 Å². The number of ether oxygens (including phenoxy) is 5. The summed E-state index contributed by atoms with van der Waals surface area (Å²) in [5, 5.41) is 88.9. The van der Waals surface area contributed by atoms with Gasteiger partial charge >= 0.3 is 0 Å². The molecular weight excluding hydrogens is 488 g/mol. The molecule has 13 atom stereocenters. The van der Waals surface area contributed by atoms with E-state index >= 15 is 0 Å². The first-order valence-corrected chi connectivity index (χ1v) is 12.1. The number of rotatable bonds is 17. The first kappa shape index (κ1) is 33.5. The Morgan fingerprint density at radius 2 is 1.39 bits per heavy atom. The predicted molar refractivity (Wildman–Crippen MR) is 121 cm³/mol. The molecule has 1 saturated heterocycles. The van der Waals surface area contributed by atoms with Crippen molar-refractivity contribution in [3.05, 3.63) is 0 Å². The molecule has 14 nitrogen and oxygen atoms in total. The molecule has 9 N–H and O–H groups in total. The minimum atomic E-state index is -1.57. The molecule has 1 aliphatic heterocycles. The number of hydrogen-bond donors (Lipinski definition) is 9. The van der Waals surface area contributed by atoms with E-state index in [1.54, 1.807) is 6.92 Å². The highest BCUT2D eigenvalue weighted by molar-refractivity contribution is 4.93. The molecular formula is C22H44O14. The Balaban J connectivity index is 3.10. The maximum Gasteiger partial charge on any atom is 0.187 e. The molecule has 0 bridgehead atoms. The molecule has 1 heterocycles. The van der Waals surface area contributed by atoms with Gasteiger partial charge in [0, 0.05) is 0 Å². The molecule has 1 aliphatic rings. The van der Waals surface area contributed by atoms with Crippen LogP contribution in [0.25, 0.3) is 0 Å². The average Bonchev–Trinajstić information content (AvgIpc) is 2.86. The minimum absolute atomic E-state index is 0.349. The molecule has 0 amide bonds. The van der Waals surface area contributed by atoms with E-state index in [9.17, 15) is 40.9 Å². The number of hydrogen-bond acceptors (Lipinski definition) is 14. The molecule has 0 saturated carbocycles. The standard InChI is InChI=1S/C22H44O14/c1-5-14-19(30)20(31)21(16(8-25)34-14)36-22(35-15(7-24)10(2)27)17(9-26)33-12(4)32-11(3)18(29)13(28)6-23/h10-31H,5-9H2,1-4H3/t10-,11?,12+,13-,14-,15?,16+,17+,18?,19?,20?,21?,22?/m1/s1. The Morgan fingerprint density at radius 3 is 1.86 bits per heavy atom. The predicted octanol–water partition coefficient (Wildman–Crippen LogP) is -3.81. The van der Waals surface area contributed by atoms with Crippen molar-refractivity contribution in [2.24, 2.45) is 0 Å². The molecule has 0 aliphatic carbocycles. The molecule has 7 unspecified atom stereocenters. The third-order valence-corrected chi connectivity index (χ3v) is 6.00. The van der Waals surface area contributed by atoms with Crippen LogP contribution >= 0.6 is 0 Å². The molecule has 0 radical (unpaired) electrons. The SMILES string of the molecule is CC[C@H]1O[C@@H](CO)C(OC(OC(CO)[C@@H](C)O)[C@H](CO)O[C@@H](C)OC(C)C(O)[C@H](O)CO)C(O)C1O. The highest BCUT2D eigenvalue weighted by Crippen LogP contribution is 2.28. The van der Waals surface area contributed by atoms with Gasteiger partial charge in [-0.2, -0.15) is 0 Å². The first-order chi connectivity index (χ1) is 16.9. The van der Waals surface area contributed by atoms with Gasteiger partial charge in [-0.05, 0) is 27.2 Å². The summed E-state index contributed by atoms with van der Waals surface area (Å²) in [6.07, 6.45) is -16.1. The molecule has 0 spiro atoms. The van der Waals surface area contributed by atoms with E-state index in [2.05, 4.69) is 0 Å². The van der Waals surface area contributed by atoms with Crippen LogP contribution in [-0.4, -0.2) is 152 Å². The molecule has 0 aromatic rings. The summed E-state index contributed by atoms with van der Waals surface area (Å²) in [4.78, 5) is 0. The van der Waals surface area contributed by atoms with E-state index < -0.39 is 106 Å². The van der Waals surface area contributed by atoms with Gasteiger partial charge in [0.1, 0.15) is 48.8 Å². The largest absolute Gasteiger partial charge is 0.394 e. The Bertz CT molecular complexity index is 581. The van der Waals surface area contributed by atoms with E-state index in [0.717, 1.165) is 0 Å². The fourth-order valence-electron chi connectivity index (χ4n) is 3.79. The van der Waals surface area contributed by atoms with Crippen molar-refractivity contribution < 1.29 is 69.6 Å². The van der Waals surface area contributed by atoms with Gasteiger partial charge in [0.05, 0.1) is 44.7 Å². The Hall–Kier alpha value is -0.560. The molecule has 1 rings (SSSR count). The smallest absolute Gasteiger partial charge is 0.187 e. The quantitative estimate of drug-likeness (QED) is 0.0818. The van der Waals surface area contributed by atoms with Crippen LogP contribution in [0.1, 0.15) is 34.1 Å². The van der Waals surface area contributed by atoms with Gasteiger partial charge in [-0.3, -0.25) is 0 Å². The van der Waals surface area contributed by atoms with Crippen molar-refractivity contribution in [1.29, 1.82) is 0 Å². The number of aliphatic hydroxyl groups is 9. The molecule has 0 aromatic heterocycles. The fourth-order valence-corrected chi connectivity index (χ4v) is 3.79. The van der Waals surface area contributed by atoms with Gasteiger partial charge in [-0.25, -0.2) is 0 Å². The lowest BCUT2D eigenvalue weighted by Crippen LogP contribution is -2.61. The van der Waals surface area contributed by atoms with Crippen molar-refractivity contribution in [3.63, 3.8) is 0 Å². The summed E-state index contributed by atoms with van der Waals surface area (Å²) in [7, 11) is 0. The maximum absolute atomic E-state index is 10.7. The Labute approximate surface area is 210 Å². The number of aliphatic hydroxyl groups excluding tert-OH is 9. The van der Waals surface area contributed by atoms with Crippen molar-refractivity contribution in [3.8, 4) is 0 Å². The third-order valence-electron chi connectivity index (χ3n) is 6.00. The summed E-state index contributed by atoms with van der Waals surface area (Å²) >= 11 is 0. The van der Waals surface area contributed by atoms with Crippen LogP contribution in [0.3, 0.4) is 0 Å². The van der Waals surface area contributed by atoms with Gasteiger partial charge in [-0.15, -0.1) is 0 Å². The van der Waals surface area contributed by atoms with Gasteiger partial charge in [0.15, 0.2) is 12.6 Å².